The number of halogens is 1. The fourth-order valence-corrected chi connectivity index (χ4v) is 5.46. The maximum atomic E-state index is 13.4. The highest BCUT2D eigenvalue weighted by Crippen LogP contribution is 2.39. The standard InChI is InChI=1S/C27H28IN3O2/c1-33-25-10-6-5-9-24(25)30-16-13-29(14-17-30)15-18-31-26(20-7-3-2-4-8-20)22-12-11-21(28)19-23(22)27(31)32/h2-12,19,26H,13-18H2,1H3/i28-2. The molecule has 5 nitrogen and oxygen atoms in total. The number of nitrogens with zero attached hydrogens (tertiary/aromatic N) is 3. The van der Waals surface area contributed by atoms with E-state index in [2.05, 4.69) is 85.8 Å². The van der Waals surface area contributed by atoms with Crippen LogP contribution in [-0.2, 0) is 0 Å². The third-order valence-corrected chi connectivity index (χ3v) is 7.35. The number of carbonyl (C=O) groups is 1. The van der Waals surface area contributed by atoms with Crippen molar-refractivity contribution in [3.05, 3.63) is 93.1 Å². The van der Waals surface area contributed by atoms with Crippen LogP contribution in [0.2, 0.25) is 0 Å². The molecule has 1 amide bonds. The molecule has 0 aromatic heterocycles. The highest BCUT2D eigenvalue weighted by atomic mass is 125. The van der Waals surface area contributed by atoms with Crippen molar-refractivity contribution in [3.8, 4) is 5.75 Å². The first-order chi connectivity index (χ1) is 16.2. The van der Waals surface area contributed by atoms with Gasteiger partial charge in [-0.3, -0.25) is 9.69 Å². The average molecular weight is 551 g/mol. The van der Waals surface area contributed by atoms with E-state index in [9.17, 15) is 4.79 Å². The predicted molar refractivity (Wildman–Crippen MR) is 140 cm³/mol. The van der Waals surface area contributed by atoms with Gasteiger partial charge in [0.2, 0.25) is 0 Å². The molecular weight excluding hydrogens is 523 g/mol. The Kier molecular flexibility index (Phi) is 6.55. The summed E-state index contributed by atoms with van der Waals surface area (Å²) in [4.78, 5) is 20.3. The molecule has 33 heavy (non-hydrogen) atoms. The molecule has 0 spiro atoms. The van der Waals surface area contributed by atoms with Crippen LogP contribution in [0.1, 0.15) is 27.5 Å². The highest BCUT2D eigenvalue weighted by Gasteiger charge is 2.37. The van der Waals surface area contributed by atoms with Crippen LogP contribution in [0, 0.1) is 3.57 Å². The number of amides is 1. The van der Waals surface area contributed by atoms with Crippen molar-refractivity contribution < 1.29 is 9.53 Å². The van der Waals surface area contributed by atoms with Crippen molar-refractivity contribution >= 4 is 34.2 Å². The largest absolute Gasteiger partial charge is 0.495 e. The number of rotatable bonds is 6. The summed E-state index contributed by atoms with van der Waals surface area (Å²) < 4.78 is 6.64. The number of piperazine rings is 1. The van der Waals surface area contributed by atoms with Crippen LogP contribution < -0.4 is 9.64 Å². The number of para-hydroxylation sites is 2. The van der Waals surface area contributed by atoms with Gasteiger partial charge in [0, 0.05) is 48.4 Å². The molecule has 1 atom stereocenters. The Morgan fingerprint density at radius 3 is 2.39 bits per heavy atom. The maximum Gasteiger partial charge on any atom is 0.255 e. The maximum absolute atomic E-state index is 13.4. The second-order valence-corrected chi connectivity index (χ2v) is 9.79. The fourth-order valence-electron chi connectivity index (χ4n) is 4.97. The van der Waals surface area contributed by atoms with Gasteiger partial charge in [-0.05, 0) is 58.0 Å². The van der Waals surface area contributed by atoms with E-state index in [4.69, 9.17) is 4.74 Å². The fraction of sp³-hybridized carbons (Fsp3) is 0.296. The van der Waals surface area contributed by atoms with Crippen molar-refractivity contribution in [1.29, 1.82) is 0 Å². The zero-order valence-electron chi connectivity index (χ0n) is 18.8. The monoisotopic (exact) mass is 551 g/mol. The number of anilines is 1. The Balaban J connectivity index is 1.28. The lowest BCUT2D eigenvalue weighted by Crippen LogP contribution is -2.49. The SMILES string of the molecule is COc1ccccc1N1CCN(CCN2C(=O)c3cc([125I])ccc3C2c2ccccc2)CC1. The molecule has 170 valence electrons. The van der Waals surface area contributed by atoms with E-state index >= 15 is 0 Å². The molecule has 1 fully saturated rings. The van der Waals surface area contributed by atoms with Crippen LogP contribution in [0.4, 0.5) is 5.69 Å². The quantitative estimate of drug-likeness (QED) is 0.418. The van der Waals surface area contributed by atoms with Gasteiger partial charge in [0.05, 0.1) is 18.8 Å². The van der Waals surface area contributed by atoms with Crippen molar-refractivity contribution in [2.45, 2.75) is 6.04 Å². The van der Waals surface area contributed by atoms with Gasteiger partial charge >= 0.3 is 0 Å². The summed E-state index contributed by atoms with van der Waals surface area (Å²) in [5, 5.41) is 0. The van der Waals surface area contributed by atoms with Crippen molar-refractivity contribution in [2.75, 3.05) is 51.3 Å². The summed E-state index contributed by atoms with van der Waals surface area (Å²) in [6, 6.07) is 24.8. The minimum absolute atomic E-state index is 0.0134. The van der Waals surface area contributed by atoms with E-state index in [1.807, 2.05) is 24.3 Å². The van der Waals surface area contributed by atoms with Gasteiger partial charge in [-0.1, -0.05) is 48.5 Å². The second-order valence-electron chi connectivity index (χ2n) is 8.54. The van der Waals surface area contributed by atoms with Crippen molar-refractivity contribution in [3.63, 3.8) is 0 Å². The van der Waals surface area contributed by atoms with Crippen LogP contribution >= 0.6 is 22.6 Å². The topological polar surface area (TPSA) is 36.0 Å². The smallest absolute Gasteiger partial charge is 0.255 e. The van der Waals surface area contributed by atoms with Crippen LogP contribution in [0.3, 0.4) is 0 Å². The summed E-state index contributed by atoms with van der Waals surface area (Å²) in [5.74, 6) is 1.07. The molecular formula is C27H28IN3O2. The first-order valence-corrected chi connectivity index (χ1v) is 12.5. The number of ether oxygens (including phenoxy) is 1. The molecule has 0 bridgehead atoms. The van der Waals surface area contributed by atoms with Crippen molar-refractivity contribution in [1.82, 2.24) is 9.80 Å². The van der Waals surface area contributed by atoms with Gasteiger partial charge < -0.3 is 14.5 Å². The zero-order chi connectivity index (χ0) is 22.8. The molecule has 3 aromatic rings. The molecule has 1 saturated heterocycles. The molecule has 2 aliphatic rings. The summed E-state index contributed by atoms with van der Waals surface area (Å²) in [7, 11) is 1.73. The van der Waals surface area contributed by atoms with Crippen LogP contribution in [0.25, 0.3) is 0 Å². The number of benzene rings is 3. The first kappa shape index (κ1) is 22.2. The molecule has 0 radical (unpaired) electrons. The number of fused-ring (bicyclic) bond motifs is 1. The Morgan fingerprint density at radius 1 is 0.909 bits per heavy atom. The summed E-state index contributed by atoms with van der Waals surface area (Å²) in [6.45, 7) is 5.45. The normalized spacial score (nSPS) is 18.5. The third kappa shape index (κ3) is 4.46. The Labute approximate surface area is 209 Å². The number of carbonyl (C=O) groups excluding carboxylic acids is 1. The van der Waals surface area contributed by atoms with E-state index in [1.54, 1.807) is 7.11 Å². The average Bonchev–Trinajstić information content (AvgIpc) is 3.14. The second kappa shape index (κ2) is 9.73. The molecule has 0 N–H and O–H groups in total. The summed E-state index contributed by atoms with van der Waals surface area (Å²) in [6.07, 6.45) is 0. The number of hydrogen-bond donors (Lipinski definition) is 0. The van der Waals surface area contributed by atoms with Gasteiger partial charge in [-0.2, -0.15) is 0 Å². The van der Waals surface area contributed by atoms with E-state index in [-0.39, 0.29) is 11.9 Å². The van der Waals surface area contributed by atoms with Gasteiger partial charge in [0.15, 0.2) is 0 Å². The predicted octanol–water partition coefficient (Wildman–Crippen LogP) is 4.67. The highest BCUT2D eigenvalue weighted by molar-refractivity contribution is 14.1. The zero-order valence-corrected chi connectivity index (χ0v) is 20.9. The Bertz CT molecular complexity index is 1130. The van der Waals surface area contributed by atoms with Gasteiger partial charge in [-0.25, -0.2) is 0 Å². The van der Waals surface area contributed by atoms with Crippen LogP contribution in [0.15, 0.2) is 72.8 Å². The Morgan fingerprint density at radius 2 is 1.64 bits per heavy atom. The van der Waals surface area contributed by atoms with Gasteiger partial charge in [0.1, 0.15) is 5.75 Å². The van der Waals surface area contributed by atoms with Gasteiger partial charge in [0.25, 0.3) is 5.91 Å². The van der Waals surface area contributed by atoms with Crippen LogP contribution in [-0.4, -0.2) is 62.1 Å². The lowest BCUT2D eigenvalue weighted by atomic mass is 9.98. The molecule has 1 unspecified atom stereocenters. The first-order valence-electron chi connectivity index (χ1n) is 11.4. The minimum Gasteiger partial charge on any atom is -0.495 e. The molecule has 2 aliphatic heterocycles. The lowest BCUT2D eigenvalue weighted by molar-refractivity contribution is 0.0725. The van der Waals surface area contributed by atoms with Crippen LogP contribution in [0.5, 0.6) is 5.75 Å². The molecule has 5 rings (SSSR count). The van der Waals surface area contributed by atoms with E-state index in [0.29, 0.717) is 0 Å². The molecule has 2 heterocycles. The Hall–Kier alpha value is -2.58. The van der Waals surface area contributed by atoms with E-state index in [1.165, 1.54) is 5.56 Å². The number of hydrogen-bond acceptors (Lipinski definition) is 4. The summed E-state index contributed by atoms with van der Waals surface area (Å²) in [5.41, 5.74) is 4.29. The number of methoxy groups -OCH3 is 1. The summed E-state index contributed by atoms with van der Waals surface area (Å²) >= 11 is 2.29. The molecule has 6 heteroatoms. The van der Waals surface area contributed by atoms with E-state index < -0.39 is 0 Å². The molecule has 0 saturated carbocycles. The third-order valence-electron chi connectivity index (χ3n) is 6.68. The van der Waals surface area contributed by atoms with E-state index in [0.717, 1.165) is 65.4 Å². The lowest BCUT2D eigenvalue weighted by Gasteiger charge is -2.37. The van der Waals surface area contributed by atoms with Gasteiger partial charge in [-0.15, -0.1) is 0 Å². The van der Waals surface area contributed by atoms with Crippen molar-refractivity contribution in [2.24, 2.45) is 0 Å². The molecule has 3 aromatic carbocycles. The minimum atomic E-state index is -0.0134. The molecule has 0 aliphatic carbocycles.